The van der Waals surface area contributed by atoms with Gasteiger partial charge in [-0.05, 0) is 18.6 Å². The van der Waals surface area contributed by atoms with Gasteiger partial charge in [-0.1, -0.05) is 6.07 Å². The Balaban J connectivity index is 3.08. The molecule has 0 aliphatic heterocycles. The molecule has 0 saturated heterocycles. The zero-order valence-corrected chi connectivity index (χ0v) is 8.57. The van der Waals surface area contributed by atoms with E-state index in [1.54, 1.807) is 0 Å². The summed E-state index contributed by atoms with van der Waals surface area (Å²) in [6.07, 6.45) is -0.290. The second-order valence-electron chi connectivity index (χ2n) is 3.81. The van der Waals surface area contributed by atoms with Crippen molar-refractivity contribution in [1.29, 1.82) is 0 Å². The van der Waals surface area contributed by atoms with Crippen molar-refractivity contribution in [1.82, 2.24) is 0 Å². The summed E-state index contributed by atoms with van der Waals surface area (Å²) in [4.78, 5) is 10.7. The van der Waals surface area contributed by atoms with E-state index in [9.17, 15) is 9.18 Å². The molecule has 1 atom stereocenters. The van der Waals surface area contributed by atoms with E-state index >= 15 is 0 Å². The summed E-state index contributed by atoms with van der Waals surface area (Å²) in [6, 6.07) is 2.25. The molecule has 6 heteroatoms. The van der Waals surface area contributed by atoms with E-state index in [4.69, 9.17) is 21.1 Å². The highest BCUT2D eigenvalue weighted by Gasteiger charge is 2.30. The average molecular weight is 229 g/mol. The number of hydrogen-bond acceptors (Lipinski definition) is 4. The highest BCUT2D eigenvalue weighted by Crippen LogP contribution is 2.30. The average Bonchev–Trinajstić information content (AvgIpc) is 2.19. The number of hydrogen-bond donors (Lipinski definition) is 4. The van der Waals surface area contributed by atoms with Crippen LogP contribution in [0.25, 0.3) is 0 Å². The Hall–Kier alpha value is -1.82. The first-order valence-electron chi connectivity index (χ1n) is 4.47. The summed E-state index contributed by atoms with van der Waals surface area (Å²) < 4.78 is 13.4. The normalized spacial score (nSPS) is 14.4. The molecular formula is C10H12FNO4. The Labute approximate surface area is 90.9 Å². The second kappa shape index (κ2) is 3.97. The van der Waals surface area contributed by atoms with Crippen molar-refractivity contribution in [3.63, 3.8) is 0 Å². The molecule has 0 bridgehead atoms. The third-order valence-corrected chi connectivity index (χ3v) is 2.22. The van der Waals surface area contributed by atoms with Gasteiger partial charge in [0.25, 0.3) is 0 Å². The number of carboxylic acid groups (broad SMARTS) is 1. The van der Waals surface area contributed by atoms with Crippen LogP contribution in [0.2, 0.25) is 0 Å². The van der Waals surface area contributed by atoms with Crippen molar-refractivity contribution in [2.24, 2.45) is 5.73 Å². The van der Waals surface area contributed by atoms with Gasteiger partial charge >= 0.3 is 5.97 Å². The van der Waals surface area contributed by atoms with Crippen molar-refractivity contribution >= 4 is 5.97 Å². The van der Waals surface area contributed by atoms with Gasteiger partial charge in [-0.25, -0.2) is 4.39 Å². The molecule has 0 aliphatic rings. The molecule has 0 fully saturated rings. The molecule has 16 heavy (non-hydrogen) atoms. The van der Waals surface area contributed by atoms with Gasteiger partial charge in [-0.2, -0.15) is 0 Å². The van der Waals surface area contributed by atoms with E-state index in [0.717, 1.165) is 6.07 Å². The van der Waals surface area contributed by atoms with E-state index in [1.165, 1.54) is 13.0 Å². The number of aromatic hydroxyl groups is 2. The third-order valence-electron chi connectivity index (χ3n) is 2.22. The van der Waals surface area contributed by atoms with Crippen LogP contribution < -0.4 is 5.73 Å². The minimum Gasteiger partial charge on any atom is -0.504 e. The number of phenols is 2. The van der Waals surface area contributed by atoms with Gasteiger partial charge in [0.2, 0.25) is 0 Å². The SMILES string of the molecule is C[C@](N)(Cc1ccc(O)c(O)c1F)C(=O)O. The molecule has 0 spiro atoms. The van der Waals surface area contributed by atoms with Gasteiger partial charge in [0.05, 0.1) is 0 Å². The monoisotopic (exact) mass is 229 g/mol. The Bertz CT molecular complexity index is 431. The van der Waals surface area contributed by atoms with Crippen molar-refractivity contribution < 1.29 is 24.5 Å². The Kier molecular flexibility index (Phi) is 3.04. The van der Waals surface area contributed by atoms with Gasteiger partial charge in [-0.15, -0.1) is 0 Å². The van der Waals surface area contributed by atoms with E-state index in [-0.39, 0.29) is 12.0 Å². The highest BCUT2D eigenvalue weighted by molar-refractivity contribution is 5.78. The van der Waals surface area contributed by atoms with E-state index in [0.29, 0.717) is 0 Å². The van der Waals surface area contributed by atoms with Crippen LogP contribution in [0.4, 0.5) is 4.39 Å². The van der Waals surface area contributed by atoms with Crippen molar-refractivity contribution in [3.8, 4) is 11.5 Å². The molecule has 0 amide bonds. The largest absolute Gasteiger partial charge is 0.504 e. The lowest BCUT2D eigenvalue weighted by Gasteiger charge is -2.19. The van der Waals surface area contributed by atoms with Crippen LogP contribution in [0.3, 0.4) is 0 Å². The topological polar surface area (TPSA) is 104 Å². The molecule has 1 aromatic carbocycles. The summed E-state index contributed by atoms with van der Waals surface area (Å²) in [5.41, 5.74) is 3.74. The summed E-state index contributed by atoms with van der Waals surface area (Å²) in [6.45, 7) is 1.23. The standard InChI is InChI=1S/C10H12FNO4/c1-10(12,9(15)16)4-5-2-3-6(13)8(14)7(5)11/h2-3,13-14H,4,12H2,1H3,(H,15,16)/t10-/m0/s1. The highest BCUT2D eigenvalue weighted by atomic mass is 19.1. The zero-order valence-electron chi connectivity index (χ0n) is 8.57. The van der Waals surface area contributed by atoms with Gasteiger partial charge in [0, 0.05) is 6.42 Å². The molecular weight excluding hydrogens is 217 g/mol. The minimum absolute atomic E-state index is 0.0669. The molecule has 88 valence electrons. The molecule has 0 radical (unpaired) electrons. The molecule has 0 aliphatic carbocycles. The molecule has 0 aromatic heterocycles. The van der Waals surface area contributed by atoms with Gasteiger partial charge < -0.3 is 21.1 Å². The molecule has 1 aromatic rings. The van der Waals surface area contributed by atoms with Crippen LogP contribution in [0.15, 0.2) is 12.1 Å². The maximum atomic E-state index is 13.4. The summed E-state index contributed by atoms with van der Waals surface area (Å²) >= 11 is 0. The van der Waals surface area contributed by atoms with E-state index in [1.807, 2.05) is 0 Å². The Morgan fingerprint density at radius 2 is 2.06 bits per heavy atom. The second-order valence-corrected chi connectivity index (χ2v) is 3.81. The number of carbonyl (C=O) groups is 1. The quantitative estimate of drug-likeness (QED) is 0.567. The zero-order chi connectivity index (χ0) is 12.5. The number of aliphatic carboxylic acids is 1. The first kappa shape index (κ1) is 12.3. The molecule has 1 rings (SSSR count). The van der Waals surface area contributed by atoms with Crippen LogP contribution in [-0.4, -0.2) is 26.8 Å². The fourth-order valence-corrected chi connectivity index (χ4v) is 1.20. The number of carboxylic acids is 1. The number of rotatable bonds is 3. The molecule has 0 unspecified atom stereocenters. The van der Waals surface area contributed by atoms with Crippen LogP contribution in [0.1, 0.15) is 12.5 Å². The molecule has 5 N–H and O–H groups in total. The summed E-state index contributed by atoms with van der Waals surface area (Å²) in [7, 11) is 0. The molecule has 0 heterocycles. The maximum absolute atomic E-state index is 13.4. The van der Waals surface area contributed by atoms with Crippen LogP contribution in [0.5, 0.6) is 11.5 Å². The van der Waals surface area contributed by atoms with Crippen molar-refractivity contribution in [3.05, 3.63) is 23.5 Å². The first-order valence-corrected chi connectivity index (χ1v) is 4.47. The smallest absolute Gasteiger partial charge is 0.323 e. The number of benzene rings is 1. The molecule has 5 nitrogen and oxygen atoms in total. The Morgan fingerprint density at radius 3 is 2.56 bits per heavy atom. The minimum atomic E-state index is -1.63. The lowest BCUT2D eigenvalue weighted by Crippen LogP contribution is -2.47. The van der Waals surface area contributed by atoms with Crippen LogP contribution >= 0.6 is 0 Å². The van der Waals surface area contributed by atoms with E-state index < -0.39 is 28.8 Å². The number of halogens is 1. The van der Waals surface area contributed by atoms with Gasteiger partial charge in [0.15, 0.2) is 17.3 Å². The lowest BCUT2D eigenvalue weighted by molar-refractivity contribution is -0.142. The van der Waals surface area contributed by atoms with Crippen LogP contribution in [0, 0.1) is 5.82 Å². The number of nitrogens with two attached hydrogens (primary N) is 1. The summed E-state index contributed by atoms with van der Waals surface area (Å²) in [5, 5.41) is 26.9. The maximum Gasteiger partial charge on any atom is 0.323 e. The molecule has 0 saturated carbocycles. The summed E-state index contributed by atoms with van der Waals surface area (Å²) in [5.74, 6) is -3.84. The lowest BCUT2D eigenvalue weighted by atomic mass is 9.93. The van der Waals surface area contributed by atoms with Crippen LogP contribution in [-0.2, 0) is 11.2 Å². The van der Waals surface area contributed by atoms with Gasteiger partial charge in [0.1, 0.15) is 5.54 Å². The van der Waals surface area contributed by atoms with Gasteiger partial charge in [-0.3, -0.25) is 4.79 Å². The van der Waals surface area contributed by atoms with Crippen molar-refractivity contribution in [2.75, 3.05) is 0 Å². The third kappa shape index (κ3) is 2.22. The van der Waals surface area contributed by atoms with Crippen molar-refractivity contribution in [2.45, 2.75) is 18.9 Å². The fraction of sp³-hybridized carbons (Fsp3) is 0.300. The fourth-order valence-electron chi connectivity index (χ4n) is 1.20. The van der Waals surface area contributed by atoms with E-state index in [2.05, 4.69) is 0 Å². The first-order chi connectivity index (χ1) is 7.25. The predicted molar refractivity (Wildman–Crippen MR) is 53.7 cm³/mol. The number of phenolic OH excluding ortho intramolecular Hbond substituents is 2. The predicted octanol–water partition coefficient (Wildman–Crippen LogP) is 0.581. The Morgan fingerprint density at radius 1 is 1.50 bits per heavy atom.